The maximum absolute atomic E-state index is 12.5. The van der Waals surface area contributed by atoms with Crippen molar-refractivity contribution in [3.05, 3.63) is 65.0 Å². The van der Waals surface area contributed by atoms with Crippen molar-refractivity contribution in [1.82, 2.24) is 14.5 Å². The fourth-order valence-electron chi connectivity index (χ4n) is 5.26. The highest BCUT2D eigenvalue weighted by Crippen LogP contribution is 2.34. The minimum Gasteiger partial charge on any atom is -0.484 e. The Bertz CT molecular complexity index is 1580. The lowest BCUT2D eigenvalue weighted by Crippen LogP contribution is -2.42. The van der Waals surface area contributed by atoms with Crippen molar-refractivity contribution in [1.29, 1.82) is 5.26 Å². The topological polar surface area (TPSA) is 151 Å². The van der Waals surface area contributed by atoms with E-state index < -0.39 is 17.3 Å². The van der Waals surface area contributed by atoms with Crippen LogP contribution in [-0.4, -0.2) is 61.9 Å². The second-order valence-electron chi connectivity index (χ2n) is 12.4. The molecule has 1 fully saturated rings. The molecule has 0 aliphatic carbocycles. The number of nitriles is 1. The summed E-state index contributed by atoms with van der Waals surface area (Å²) in [7, 11) is 0. The van der Waals surface area contributed by atoms with Gasteiger partial charge in [-0.05, 0) is 78.5 Å². The van der Waals surface area contributed by atoms with E-state index in [9.17, 15) is 15.2 Å². The Hall–Kier alpha value is -4.43. The molecule has 3 N–H and O–H groups in total. The minimum atomic E-state index is -1.07. The predicted molar refractivity (Wildman–Crippen MR) is 165 cm³/mol. The van der Waals surface area contributed by atoms with Gasteiger partial charge in [0.1, 0.15) is 40.3 Å². The number of hydrogen-bond donors (Lipinski definition) is 2. The third-order valence-electron chi connectivity index (χ3n) is 7.30. The molecule has 43 heavy (non-hydrogen) atoms. The molecule has 1 aromatic carbocycles. The molecule has 11 heteroatoms. The predicted octanol–water partition coefficient (Wildman–Crippen LogP) is 5.10. The average molecular weight is 588 g/mol. The molecule has 3 aromatic rings. The molecule has 1 unspecified atom stereocenters. The summed E-state index contributed by atoms with van der Waals surface area (Å²) in [4.78, 5) is 19.1. The summed E-state index contributed by atoms with van der Waals surface area (Å²) >= 11 is 0. The number of likely N-dealkylation sites (tertiary alicyclic amines) is 1. The number of aliphatic hydroxyl groups is 1. The molecule has 4 rings (SSSR count). The number of hydrazone groups is 1. The molecule has 0 radical (unpaired) electrons. The Morgan fingerprint density at radius 2 is 1.88 bits per heavy atom. The molecule has 1 aliphatic heterocycles. The number of carbonyl (C=O) groups excluding carboxylic acids is 1. The van der Waals surface area contributed by atoms with E-state index in [1.807, 2.05) is 58.9 Å². The van der Waals surface area contributed by atoms with E-state index in [2.05, 4.69) is 16.3 Å². The number of rotatable bonds is 7. The summed E-state index contributed by atoms with van der Waals surface area (Å²) < 4.78 is 13.6. The Morgan fingerprint density at radius 3 is 2.49 bits per heavy atom. The van der Waals surface area contributed by atoms with Gasteiger partial charge in [-0.15, -0.1) is 0 Å². The molecule has 1 amide bonds. The number of hydrogen-bond acceptors (Lipinski definition) is 9. The molecule has 2 aromatic heterocycles. The molecule has 1 saturated heterocycles. The third-order valence-corrected chi connectivity index (χ3v) is 7.30. The van der Waals surface area contributed by atoms with Crippen LogP contribution in [0.1, 0.15) is 89.7 Å². The lowest BCUT2D eigenvalue weighted by atomic mass is 9.91. The Labute approximate surface area is 252 Å². The standard InChI is InChI=1S/C32H41N7O4/c1-20(36-24-12-14-38(15-13-24)30(40)43-31(3,4)5)28(37-34)22-16-27(29-23(17-33)18-35-39(29)19-22)42-21(2)25-10-8-9-11-26(25)32(6,7)41/h8-11,16,18-19,21,24,41H,12-15,34H2,1-7H3/b36-20?,37-28+. The van der Waals surface area contributed by atoms with Crippen molar-refractivity contribution in [3.8, 4) is 11.8 Å². The number of aromatic nitrogens is 2. The number of fused-ring (bicyclic) bond motifs is 1. The maximum atomic E-state index is 12.5. The van der Waals surface area contributed by atoms with Gasteiger partial charge in [-0.3, -0.25) is 4.99 Å². The van der Waals surface area contributed by atoms with Crippen molar-refractivity contribution >= 4 is 23.0 Å². The van der Waals surface area contributed by atoms with Gasteiger partial charge in [0, 0.05) is 24.8 Å². The van der Waals surface area contributed by atoms with Crippen molar-refractivity contribution < 1.29 is 19.4 Å². The van der Waals surface area contributed by atoms with Crippen molar-refractivity contribution in [3.63, 3.8) is 0 Å². The SMILES string of the molecule is CC(=NC1CCN(C(=O)OC(C)(C)C)CC1)/C(=N\N)c1cc(OC(C)c2ccccc2C(C)(C)O)c2c(C#N)cnn2c1. The lowest BCUT2D eigenvalue weighted by Gasteiger charge is -2.32. The van der Waals surface area contributed by atoms with Crippen LogP contribution in [0, 0.1) is 11.3 Å². The number of pyridine rings is 1. The highest BCUT2D eigenvalue weighted by molar-refractivity contribution is 6.47. The number of carbonyl (C=O) groups is 1. The number of piperidine rings is 1. The van der Waals surface area contributed by atoms with Gasteiger partial charge in [-0.1, -0.05) is 24.3 Å². The van der Waals surface area contributed by atoms with Crippen LogP contribution in [0.5, 0.6) is 5.75 Å². The summed E-state index contributed by atoms with van der Waals surface area (Å²) in [6.45, 7) is 13.9. The molecular weight excluding hydrogens is 546 g/mol. The van der Waals surface area contributed by atoms with Crippen LogP contribution in [0.4, 0.5) is 4.79 Å². The zero-order chi connectivity index (χ0) is 31.5. The Balaban J connectivity index is 1.62. The largest absolute Gasteiger partial charge is 0.484 e. The number of aliphatic imine (C=N–C) groups is 1. The van der Waals surface area contributed by atoms with Gasteiger partial charge in [0.2, 0.25) is 0 Å². The molecule has 1 aliphatic rings. The molecule has 228 valence electrons. The molecule has 0 bridgehead atoms. The lowest BCUT2D eigenvalue weighted by molar-refractivity contribution is 0.0207. The van der Waals surface area contributed by atoms with Crippen LogP contribution in [0.25, 0.3) is 5.52 Å². The van der Waals surface area contributed by atoms with Gasteiger partial charge in [-0.25, -0.2) is 9.31 Å². The first kappa shape index (κ1) is 31.5. The van der Waals surface area contributed by atoms with Gasteiger partial charge < -0.3 is 25.3 Å². The van der Waals surface area contributed by atoms with Crippen molar-refractivity contribution in [2.24, 2.45) is 15.9 Å². The quantitative estimate of drug-likeness (QED) is 0.222. The highest BCUT2D eigenvalue weighted by Gasteiger charge is 2.28. The van der Waals surface area contributed by atoms with E-state index in [1.54, 1.807) is 35.5 Å². The summed E-state index contributed by atoms with van der Waals surface area (Å²) in [6.07, 6.45) is 3.82. The first-order valence-corrected chi connectivity index (χ1v) is 14.4. The van der Waals surface area contributed by atoms with Crippen LogP contribution >= 0.6 is 0 Å². The zero-order valence-corrected chi connectivity index (χ0v) is 26.0. The van der Waals surface area contributed by atoms with Gasteiger partial charge in [0.15, 0.2) is 0 Å². The first-order chi connectivity index (χ1) is 20.2. The average Bonchev–Trinajstić information content (AvgIpc) is 3.36. The van der Waals surface area contributed by atoms with Gasteiger partial charge >= 0.3 is 6.09 Å². The van der Waals surface area contributed by atoms with E-state index in [4.69, 9.17) is 20.3 Å². The monoisotopic (exact) mass is 587 g/mol. The zero-order valence-electron chi connectivity index (χ0n) is 26.0. The van der Waals surface area contributed by atoms with E-state index in [0.29, 0.717) is 59.7 Å². The van der Waals surface area contributed by atoms with Gasteiger partial charge in [0.05, 0.1) is 23.6 Å². The number of amides is 1. The number of nitrogens with zero attached hydrogens (tertiary/aromatic N) is 6. The fraction of sp³-hybridized carbons (Fsp3) is 0.469. The first-order valence-electron chi connectivity index (χ1n) is 14.4. The summed E-state index contributed by atoms with van der Waals surface area (Å²) in [5, 5.41) is 29.0. The van der Waals surface area contributed by atoms with Crippen LogP contribution < -0.4 is 10.6 Å². The summed E-state index contributed by atoms with van der Waals surface area (Å²) in [5.41, 5.74) is 2.53. The van der Waals surface area contributed by atoms with Crippen molar-refractivity contribution in [2.45, 2.75) is 84.7 Å². The molecule has 0 spiro atoms. The summed E-state index contributed by atoms with van der Waals surface area (Å²) in [5.74, 6) is 6.32. The third kappa shape index (κ3) is 7.32. The van der Waals surface area contributed by atoms with Crippen LogP contribution in [-0.2, 0) is 10.3 Å². The smallest absolute Gasteiger partial charge is 0.410 e. The van der Waals surface area contributed by atoms with Gasteiger partial charge in [0.25, 0.3) is 0 Å². The molecule has 1 atom stereocenters. The van der Waals surface area contributed by atoms with Crippen LogP contribution in [0.15, 0.2) is 52.8 Å². The molecular formula is C32H41N7O4. The molecule has 3 heterocycles. The number of benzene rings is 1. The normalized spacial score (nSPS) is 16.2. The second kappa shape index (κ2) is 12.4. The van der Waals surface area contributed by atoms with E-state index >= 15 is 0 Å². The van der Waals surface area contributed by atoms with Gasteiger partial charge in [-0.2, -0.15) is 15.5 Å². The Kier molecular flexibility index (Phi) is 9.11. The second-order valence-corrected chi connectivity index (χ2v) is 12.4. The maximum Gasteiger partial charge on any atom is 0.410 e. The van der Waals surface area contributed by atoms with E-state index in [1.165, 1.54) is 6.20 Å². The molecule has 0 saturated carbocycles. The van der Waals surface area contributed by atoms with E-state index in [0.717, 1.165) is 11.1 Å². The fourth-order valence-corrected chi connectivity index (χ4v) is 5.26. The number of nitrogens with two attached hydrogens (primary N) is 1. The Morgan fingerprint density at radius 1 is 1.21 bits per heavy atom. The summed E-state index contributed by atoms with van der Waals surface area (Å²) in [6, 6.07) is 11.5. The van der Waals surface area contributed by atoms with Crippen molar-refractivity contribution in [2.75, 3.05) is 13.1 Å². The highest BCUT2D eigenvalue weighted by atomic mass is 16.6. The van der Waals surface area contributed by atoms with E-state index in [-0.39, 0.29) is 12.1 Å². The van der Waals surface area contributed by atoms with Crippen LogP contribution in [0.2, 0.25) is 0 Å². The van der Waals surface area contributed by atoms with Crippen LogP contribution in [0.3, 0.4) is 0 Å². The molecule has 11 nitrogen and oxygen atoms in total. The number of ether oxygens (including phenoxy) is 2. The minimum absolute atomic E-state index is 0.0110.